The number of hydrogen-bond donors (Lipinski definition) is 0. The predicted molar refractivity (Wildman–Crippen MR) is 91.9 cm³/mol. The third-order valence-corrected chi connectivity index (χ3v) is 5.30. The molecule has 128 valence electrons. The molecule has 0 aliphatic heterocycles. The maximum absolute atomic E-state index is 12.5. The maximum Gasteiger partial charge on any atom is 0.358 e. The molecule has 7 nitrogen and oxygen atoms in total. The van der Waals surface area contributed by atoms with E-state index >= 15 is 0 Å². The highest BCUT2D eigenvalue weighted by atomic mass is 32.1. The number of esters is 1. The van der Waals surface area contributed by atoms with Gasteiger partial charge in [-0.2, -0.15) is 0 Å². The molecule has 0 spiro atoms. The summed E-state index contributed by atoms with van der Waals surface area (Å²) in [5.41, 5.74) is 2.26. The molecule has 0 unspecified atom stereocenters. The first-order valence-corrected chi connectivity index (χ1v) is 8.92. The molecule has 0 atom stereocenters. The SMILES string of the molecule is Cc1cnc(C(=O)OCc2cc(=O)n3c4c(sc3n2)CCCC4)cn1. The van der Waals surface area contributed by atoms with E-state index in [0.29, 0.717) is 10.7 Å². The lowest BCUT2D eigenvalue weighted by Gasteiger charge is -2.10. The summed E-state index contributed by atoms with van der Waals surface area (Å²) in [4.78, 5) is 38.8. The first kappa shape index (κ1) is 15.9. The van der Waals surface area contributed by atoms with Crippen LogP contribution >= 0.6 is 11.3 Å². The molecule has 0 amide bonds. The molecule has 0 saturated heterocycles. The average molecular weight is 356 g/mol. The van der Waals surface area contributed by atoms with Crippen LogP contribution in [0.3, 0.4) is 0 Å². The molecule has 8 heteroatoms. The van der Waals surface area contributed by atoms with Crippen LogP contribution in [0.4, 0.5) is 0 Å². The van der Waals surface area contributed by atoms with Crippen LogP contribution in [0.2, 0.25) is 0 Å². The van der Waals surface area contributed by atoms with Crippen molar-refractivity contribution >= 4 is 22.3 Å². The van der Waals surface area contributed by atoms with E-state index in [4.69, 9.17) is 4.74 Å². The number of thiazole rings is 1. The van der Waals surface area contributed by atoms with Crippen LogP contribution in [0.25, 0.3) is 4.96 Å². The first-order valence-electron chi connectivity index (χ1n) is 8.11. The molecule has 0 N–H and O–H groups in total. The standard InChI is InChI=1S/C17H16N4O3S/c1-10-7-19-12(8-18-10)16(23)24-9-11-6-15(22)21-13-4-2-3-5-14(13)25-17(21)20-11/h6-8H,2-5,9H2,1H3. The molecule has 1 aliphatic carbocycles. The number of carbonyl (C=O) groups is 1. The van der Waals surface area contributed by atoms with Crippen molar-refractivity contribution in [2.75, 3.05) is 0 Å². The van der Waals surface area contributed by atoms with Crippen LogP contribution in [-0.2, 0) is 24.2 Å². The van der Waals surface area contributed by atoms with Gasteiger partial charge in [-0.15, -0.1) is 11.3 Å². The third kappa shape index (κ3) is 3.05. The Kier molecular flexibility index (Phi) is 4.04. The summed E-state index contributed by atoms with van der Waals surface area (Å²) >= 11 is 1.55. The molecule has 0 radical (unpaired) electrons. The summed E-state index contributed by atoms with van der Waals surface area (Å²) in [7, 11) is 0. The Morgan fingerprint density at radius 1 is 1.28 bits per heavy atom. The van der Waals surface area contributed by atoms with Crippen molar-refractivity contribution in [3.63, 3.8) is 0 Å². The summed E-state index contributed by atoms with van der Waals surface area (Å²) < 4.78 is 6.90. The minimum absolute atomic E-state index is 0.0668. The van der Waals surface area contributed by atoms with E-state index in [1.807, 2.05) is 0 Å². The van der Waals surface area contributed by atoms with Crippen molar-refractivity contribution in [2.45, 2.75) is 39.2 Å². The molecule has 3 aromatic heterocycles. The Bertz CT molecular complexity index is 1010. The minimum atomic E-state index is -0.583. The highest BCUT2D eigenvalue weighted by Crippen LogP contribution is 2.28. The van der Waals surface area contributed by atoms with Crippen LogP contribution in [0.15, 0.2) is 23.3 Å². The molecule has 25 heavy (non-hydrogen) atoms. The zero-order chi connectivity index (χ0) is 17.4. The fourth-order valence-electron chi connectivity index (χ4n) is 2.93. The van der Waals surface area contributed by atoms with Crippen LogP contribution in [0.1, 0.15) is 45.3 Å². The lowest BCUT2D eigenvalue weighted by Crippen LogP contribution is -2.18. The molecule has 3 aromatic rings. The fraction of sp³-hybridized carbons (Fsp3) is 0.353. The van der Waals surface area contributed by atoms with Crippen molar-refractivity contribution in [3.8, 4) is 0 Å². The maximum atomic E-state index is 12.5. The van der Waals surface area contributed by atoms with E-state index < -0.39 is 5.97 Å². The largest absolute Gasteiger partial charge is 0.454 e. The van der Waals surface area contributed by atoms with Gasteiger partial charge in [-0.05, 0) is 32.6 Å². The van der Waals surface area contributed by atoms with Crippen LogP contribution < -0.4 is 5.56 Å². The van der Waals surface area contributed by atoms with E-state index in [-0.39, 0.29) is 17.9 Å². The zero-order valence-corrected chi connectivity index (χ0v) is 14.5. The molecule has 0 fully saturated rings. The number of carbonyl (C=O) groups excluding carboxylic acids is 1. The van der Waals surface area contributed by atoms with Crippen molar-refractivity contribution in [2.24, 2.45) is 0 Å². The number of ether oxygens (including phenoxy) is 1. The number of aromatic nitrogens is 4. The van der Waals surface area contributed by atoms with Gasteiger partial charge < -0.3 is 4.74 Å². The summed E-state index contributed by atoms with van der Waals surface area (Å²) in [5, 5.41) is 0. The lowest BCUT2D eigenvalue weighted by molar-refractivity contribution is 0.0460. The van der Waals surface area contributed by atoms with Gasteiger partial charge in [0.25, 0.3) is 5.56 Å². The van der Waals surface area contributed by atoms with Gasteiger partial charge in [-0.25, -0.2) is 14.8 Å². The Labute approximate surface area is 147 Å². The molecular formula is C17H16N4O3S. The number of rotatable bonds is 3. The number of aryl methyl sites for hydroxylation is 3. The summed E-state index contributed by atoms with van der Waals surface area (Å²) in [6.07, 6.45) is 7.04. The Hall–Kier alpha value is -2.61. The molecule has 4 rings (SSSR count). The highest BCUT2D eigenvalue weighted by Gasteiger charge is 2.19. The molecule has 0 aromatic carbocycles. The Morgan fingerprint density at radius 2 is 2.12 bits per heavy atom. The van der Waals surface area contributed by atoms with Gasteiger partial charge in [-0.3, -0.25) is 14.2 Å². The second-order valence-corrected chi connectivity index (χ2v) is 7.06. The van der Waals surface area contributed by atoms with Gasteiger partial charge in [0, 0.05) is 22.8 Å². The van der Waals surface area contributed by atoms with Crippen LogP contribution in [0.5, 0.6) is 0 Å². The van der Waals surface area contributed by atoms with E-state index in [0.717, 1.165) is 37.1 Å². The second-order valence-electron chi connectivity index (χ2n) is 6.00. The van der Waals surface area contributed by atoms with E-state index in [1.165, 1.54) is 23.3 Å². The zero-order valence-electron chi connectivity index (χ0n) is 13.7. The van der Waals surface area contributed by atoms with E-state index in [1.54, 1.807) is 22.7 Å². The molecule has 1 aliphatic rings. The normalized spacial score (nSPS) is 13.6. The van der Waals surface area contributed by atoms with Crippen molar-refractivity contribution in [1.82, 2.24) is 19.4 Å². The van der Waals surface area contributed by atoms with Gasteiger partial charge in [0.2, 0.25) is 0 Å². The highest BCUT2D eigenvalue weighted by molar-refractivity contribution is 7.17. The number of hydrogen-bond acceptors (Lipinski definition) is 7. The first-order chi connectivity index (χ1) is 12.1. The van der Waals surface area contributed by atoms with Crippen molar-refractivity contribution < 1.29 is 9.53 Å². The smallest absolute Gasteiger partial charge is 0.358 e. The van der Waals surface area contributed by atoms with Crippen LogP contribution in [-0.4, -0.2) is 25.3 Å². The van der Waals surface area contributed by atoms with E-state index in [2.05, 4.69) is 15.0 Å². The topological polar surface area (TPSA) is 86.5 Å². The summed E-state index contributed by atoms with van der Waals surface area (Å²) in [6, 6.07) is 1.43. The quantitative estimate of drug-likeness (QED) is 0.668. The van der Waals surface area contributed by atoms with Gasteiger partial charge in [0.05, 0.1) is 17.6 Å². The molecule has 0 saturated carbocycles. The monoisotopic (exact) mass is 356 g/mol. The Balaban J connectivity index is 1.57. The van der Waals surface area contributed by atoms with Gasteiger partial charge >= 0.3 is 5.97 Å². The summed E-state index contributed by atoms with van der Waals surface area (Å²) in [5.74, 6) is -0.583. The average Bonchev–Trinajstić information content (AvgIpc) is 2.99. The second kappa shape index (κ2) is 6.36. The Morgan fingerprint density at radius 3 is 2.92 bits per heavy atom. The molecule has 0 bridgehead atoms. The predicted octanol–water partition coefficient (Wildman–Crippen LogP) is 2.09. The number of nitrogens with zero attached hydrogens (tertiary/aromatic N) is 4. The van der Waals surface area contributed by atoms with Gasteiger partial charge in [0.1, 0.15) is 6.61 Å². The van der Waals surface area contributed by atoms with Crippen molar-refractivity contribution in [1.29, 1.82) is 0 Å². The van der Waals surface area contributed by atoms with E-state index in [9.17, 15) is 9.59 Å². The fourth-order valence-corrected chi connectivity index (χ4v) is 4.16. The molecule has 3 heterocycles. The summed E-state index contributed by atoms with van der Waals surface area (Å²) in [6.45, 7) is 1.72. The molecular weight excluding hydrogens is 340 g/mol. The van der Waals surface area contributed by atoms with Crippen LogP contribution in [0, 0.1) is 6.92 Å². The van der Waals surface area contributed by atoms with Gasteiger partial charge in [-0.1, -0.05) is 0 Å². The van der Waals surface area contributed by atoms with Gasteiger partial charge in [0.15, 0.2) is 10.7 Å². The van der Waals surface area contributed by atoms with Crippen molar-refractivity contribution in [3.05, 3.63) is 56.5 Å². The minimum Gasteiger partial charge on any atom is -0.454 e. The number of fused-ring (bicyclic) bond motifs is 3. The lowest BCUT2D eigenvalue weighted by atomic mass is 10.0. The third-order valence-electron chi connectivity index (χ3n) is 4.16.